The van der Waals surface area contributed by atoms with Crippen LogP contribution < -0.4 is 5.32 Å². The first-order valence-corrected chi connectivity index (χ1v) is 9.93. The zero-order valence-corrected chi connectivity index (χ0v) is 16.8. The molecule has 2 N–H and O–H groups in total. The summed E-state index contributed by atoms with van der Waals surface area (Å²) in [6.45, 7) is 0. The molecule has 0 bridgehead atoms. The molecule has 3 aromatic rings. The summed E-state index contributed by atoms with van der Waals surface area (Å²) in [5.74, 6) is -1.98. The van der Waals surface area contributed by atoms with Crippen LogP contribution in [0.2, 0.25) is 5.02 Å². The Kier molecular flexibility index (Phi) is 5.43. The van der Waals surface area contributed by atoms with Crippen LogP contribution in [0.1, 0.15) is 40.0 Å². The average molecular weight is 453 g/mol. The smallest absolute Gasteiger partial charge is 0.418 e. The molecule has 9 heteroatoms. The van der Waals surface area contributed by atoms with E-state index in [0.29, 0.717) is 18.5 Å². The molecular weight excluding hydrogens is 436 g/mol. The van der Waals surface area contributed by atoms with E-state index in [1.54, 1.807) is 10.8 Å². The number of carboxylic acid groups (broad SMARTS) is 1. The fourth-order valence-electron chi connectivity index (χ4n) is 3.91. The van der Waals surface area contributed by atoms with Crippen LogP contribution in [-0.4, -0.2) is 15.6 Å². The van der Waals surface area contributed by atoms with Gasteiger partial charge in [-0.2, -0.15) is 13.2 Å². The molecular formula is C22H17ClF4N2O2. The van der Waals surface area contributed by atoms with Crippen molar-refractivity contribution in [3.63, 3.8) is 0 Å². The van der Waals surface area contributed by atoms with E-state index in [-0.39, 0.29) is 22.0 Å². The maximum Gasteiger partial charge on any atom is 0.418 e. The minimum absolute atomic E-state index is 0.0795. The molecule has 0 fully saturated rings. The van der Waals surface area contributed by atoms with Gasteiger partial charge in [-0.15, -0.1) is 0 Å². The maximum atomic E-state index is 14.7. The van der Waals surface area contributed by atoms with Crippen molar-refractivity contribution in [2.75, 3.05) is 5.32 Å². The highest BCUT2D eigenvalue weighted by Gasteiger charge is 2.35. The lowest BCUT2D eigenvalue weighted by Crippen LogP contribution is -2.10. The minimum Gasteiger partial charge on any atom is -0.478 e. The fraction of sp³-hybridized carbons (Fsp3) is 0.227. The average Bonchev–Trinajstić information content (AvgIpc) is 3.07. The number of benzene rings is 2. The van der Waals surface area contributed by atoms with E-state index in [9.17, 15) is 22.4 Å². The Balaban J connectivity index is 1.83. The summed E-state index contributed by atoms with van der Waals surface area (Å²) in [5, 5.41) is 11.8. The third-order valence-electron chi connectivity index (χ3n) is 5.35. The maximum absolute atomic E-state index is 14.7. The highest BCUT2D eigenvalue weighted by molar-refractivity contribution is 6.33. The summed E-state index contributed by atoms with van der Waals surface area (Å²) >= 11 is 6.08. The van der Waals surface area contributed by atoms with Crippen molar-refractivity contribution in [3.8, 4) is 5.69 Å². The van der Waals surface area contributed by atoms with E-state index in [0.717, 1.165) is 36.2 Å². The topological polar surface area (TPSA) is 54.3 Å². The summed E-state index contributed by atoms with van der Waals surface area (Å²) < 4.78 is 56.8. The lowest BCUT2D eigenvalue weighted by atomic mass is 9.96. The largest absolute Gasteiger partial charge is 0.478 e. The van der Waals surface area contributed by atoms with Gasteiger partial charge in [0.05, 0.1) is 33.2 Å². The first-order chi connectivity index (χ1) is 14.7. The second-order valence-electron chi connectivity index (χ2n) is 7.30. The quantitative estimate of drug-likeness (QED) is 0.438. The molecule has 1 aliphatic carbocycles. The van der Waals surface area contributed by atoms with Gasteiger partial charge in [-0.25, -0.2) is 9.18 Å². The molecule has 0 aliphatic heterocycles. The monoisotopic (exact) mass is 452 g/mol. The molecule has 0 saturated heterocycles. The van der Waals surface area contributed by atoms with Crippen LogP contribution in [0.15, 0.2) is 42.6 Å². The molecule has 4 nitrogen and oxygen atoms in total. The molecule has 0 radical (unpaired) electrons. The van der Waals surface area contributed by atoms with Crippen molar-refractivity contribution in [1.82, 2.24) is 4.57 Å². The number of carbonyl (C=O) groups is 1. The number of nitrogens with one attached hydrogen (secondary N) is 1. The number of aromatic nitrogens is 1. The van der Waals surface area contributed by atoms with Crippen LogP contribution >= 0.6 is 11.6 Å². The van der Waals surface area contributed by atoms with Crippen molar-refractivity contribution in [1.29, 1.82) is 0 Å². The van der Waals surface area contributed by atoms with Gasteiger partial charge in [0.1, 0.15) is 5.82 Å². The number of fused-ring (bicyclic) bond motifs is 1. The van der Waals surface area contributed by atoms with Crippen LogP contribution in [0.25, 0.3) is 5.69 Å². The van der Waals surface area contributed by atoms with Gasteiger partial charge < -0.3 is 15.0 Å². The zero-order chi connectivity index (χ0) is 22.3. The number of aromatic carboxylic acids is 1. The highest BCUT2D eigenvalue weighted by atomic mass is 35.5. The molecule has 0 saturated carbocycles. The summed E-state index contributed by atoms with van der Waals surface area (Å²) in [5.41, 5.74) is 0.767. The Bertz CT molecular complexity index is 1170. The number of carboxylic acids is 1. The molecule has 4 rings (SSSR count). The van der Waals surface area contributed by atoms with E-state index < -0.39 is 23.5 Å². The van der Waals surface area contributed by atoms with Gasteiger partial charge in [0.25, 0.3) is 0 Å². The number of halogens is 5. The van der Waals surface area contributed by atoms with Crippen LogP contribution in [0.4, 0.5) is 28.9 Å². The zero-order valence-electron chi connectivity index (χ0n) is 16.1. The van der Waals surface area contributed by atoms with Gasteiger partial charge in [-0.05, 0) is 61.6 Å². The first-order valence-electron chi connectivity index (χ1n) is 9.56. The standard InChI is InChI=1S/C22H17ClF4N2O2/c23-15-6-3-5-14(22(25,26)27)20(15)28-17-11-29(18-7-2-1-4-13(17)18)19-9-8-12(21(30)31)10-16(19)24/h3,5-6,8-11,28H,1-2,4,7H2,(H,30,31). The van der Waals surface area contributed by atoms with Gasteiger partial charge >= 0.3 is 12.1 Å². The van der Waals surface area contributed by atoms with Gasteiger partial charge in [-0.1, -0.05) is 17.7 Å². The lowest BCUT2D eigenvalue weighted by Gasteiger charge is -2.18. The molecule has 31 heavy (non-hydrogen) atoms. The number of para-hydroxylation sites is 1. The summed E-state index contributed by atoms with van der Waals surface area (Å²) in [6, 6.07) is 7.12. The second-order valence-corrected chi connectivity index (χ2v) is 7.71. The lowest BCUT2D eigenvalue weighted by molar-refractivity contribution is -0.136. The molecule has 2 aromatic carbocycles. The van der Waals surface area contributed by atoms with Crippen molar-refractivity contribution in [2.45, 2.75) is 31.9 Å². The van der Waals surface area contributed by atoms with E-state index in [2.05, 4.69) is 5.32 Å². The summed E-state index contributed by atoms with van der Waals surface area (Å²) in [6.07, 6.45) is -0.129. The molecule has 1 heterocycles. The number of hydrogen-bond acceptors (Lipinski definition) is 2. The second kappa shape index (κ2) is 7.92. The number of nitrogens with zero attached hydrogens (tertiary/aromatic N) is 1. The minimum atomic E-state index is -4.60. The van der Waals surface area contributed by atoms with Crippen molar-refractivity contribution in [2.24, 2.45) is 0 Å². The normalized spacial score (nSPS) is 13.7. The molecule has 0 amide bonds. The predicted molar refractivity (Wildman–Crippen MR) is 109 cm³/mol. The number of anilines is 2. The number of rotatable bonds is 4. The van der Waals surface area contributed by atoms with E-state index >= 15 is 0 Å². The molecule has 1 aliphatic rings. The molecule has 1 aromatic heterocycles. The van der Waals surface area contributed by atoms with Crippen molar-refractivity contribution in [3.05, 3.63) is 75.8 Å². The van der Waals surface area contributed by atoms with Crippen LogP contribution in [0.5, 0.6) is 0 Å². The number of hydrogen-bond donors (Lipinski definition) is 2. The molecule has 0 unspecified atom stereocenters. The Morgan fingerprint density at radius 1 is 1.13 bits per heavy atom. The number of alkyl halides is 3. The van der Waals surface area contributed by atoms with Gasteiger partial charge in [-0.3, -0.25) is 0 Å². The Morgan fingerprint density at radius 3 is 2.55 bits per heavy atom. The van der Waals surface area contributed by atoms with Gasteiger partial charge in [0.15, 0.2) is 0 Å². The SMILES string of the molecule is O=C(O)c1ccc(-n2cc(Nc3c(Cl)cccc3C(F)(F)F)c3c2CCCC3)c(F)c1. The Morgan fingerprint density at radius 2 is 1.87 bits per heavy atom. The molecule has 0 atom stereocenters. The van der Waals surface area contributed by atoms with E-state index in [1.807, 2.05) is 0 Å². The van der Waals surface area contributed by atoms with Crippen LogP contribution in [0.3, 0.4) is 0 Å². The van der Waals surface area contributed by atoms with Gasteiger partial charge in [0, 0.05) is 11.9 Å². The molecule has 162 valence electrons. The summed E-state index contributed by atoms with van der Waals surface area (Å²) in [7, 11) is 0. The first kappa shape index (κ1) is 21.2. The molecule has 0 spiro atoms. The third kappa shape index (κ3) is 3.99. The van der Waals surface area contributed by atoms with Gasteiger partial charge in [0.2, 0.25) is 0 Å². The van der Waals surface area contributed by atoms with E-state index in [1.165, 1.54) is 24.3 Å². The van der Waals surface area contributed by atoms with Crippen LogP contribution in [-0.2, 0) is 19.0 Å². The van der Waals surface area contributed by atoms with E-state index in [4.69, 9.17) is 16.7 Å². The Labute approximate surface area is 180 Å². The highest BCUT2D eigenvalue weighted by Crippen LogP contribution is 2.42. The van der Waals surface area contributed by atoms with Crippen molar-refractivity contribution >= 4 is 28.9 Å². The Hall–Kier alpha value is -3.00. The fourth-order valence-corrected chi connectivity index (χ4v) is 4.13. The van der Waals surface area contributed by atoms with Crippen LogP contribution in [0, 0.1) is 5.82 Å². The van der Waals surface area contributed by atoms with Crippen molar-refractivity contribution < 1.29 is 27.5 Å². The third-order valence-corrected chi connectivity index (χ3v) is 5.66. The summed E-state index contributed by atoms with van der Waals surface area (Å²) in [4.78, 5) is 11.1. The predicted octanol–water partition coefficient (Wildman–Crippen LogP) is 6.61.